The predicted molar refractivity (Wildman–Crippen MR) is 45.4 cm³/mol. The number of rotatable bonds is 5. The average molecular weight is 158 g/mol. The predicted octanol–water partition coefficient (Wildman–Crippen LogP) is 1.91. The molecule has 0 rings (SSSR count). The summed E-state index contributed by atoms with van der Waals surface area (Å²) >= 11 is 0. The monoisotopic (exact) mass is 158 g/mol. The van der Waals surface area contributed by atoms with Crippen molar-refractivity contribution in [3.63, 3.8) is 0 Å². The Balaban J connectivity index is 3.98. The molecule has 11 heavy (non-hydrogen) atoms. The third-order valence-corrected chi connectivity index (χ3v) is 1.95. The van der Waals surface area contributed by atoms with Gasteiger partial charge in [-0.05, 0) is 19.8 Å². The van der Waals surface area contributed by atoms with Gasteiger partial charge in [0.05, 0.1) is 5.60 Å². The van der Waals surface area contributed by atoms with Gasteiger partial charge < -0.3 is 5.11 Å². The van der Waals surface area contributed by atoms with Crippen LogP contribution in [-0.2, 0) is 4.79 Å². The molecule has 0 radical (unpaired) electrons. The first-order valence-electron chi connectivity index (χ1n) is 4.26. The molecule has 0 heterocycles. The Labute approximate surface area is 68.6 Å². The van der Waals surface area contributed by atoms with Gasteiger partial charge in [-0.25, -0.2) is 0 Å². The second-order valence-electron chi connectivity index (χ2n) is 3.21. The van der Waals surface area contributed by atoms with Gasteiger partial charge in [-0.2, -0.15) is 0 Å². The minimum absolute atomic E-state index is 0.0720. The second-order valence-corrected chi connectivity index (χ2v) is 3.21. The highest BCUT2D eigenvalue weighted by atomic mass is 16.3. The van der Waals surface area contributed by atoms with Gasteiger partial charge in [0.25, 0.3) is 0 Å². The first kappa shape index (κ1) is 10.6. The molecule has 0 aromatic heterocycles. The van der Waals surface area contributed by atoms with Crippen molar-refractivity contribution in [3.05, 3.63) is 0 Å². The Morgan fingerprint density at radius 1 is 1.45 bits per heavy atom. The fraction of sp³-hybridized carbons (Fsp3) is 0.889. The quantitative estimate of drug-likeness (QED) is 0.663. The minimum Gasteiger partial charge on any atom is -0.389 e. The molecule has 0 saturated carbocycles. The molecule has 0 spiro atoms. The van der Waals surface area contributed by atoms with Crippen LogP contribution < -0.4 is 0 Å². The molecule has 0 saturated heterocycles. The van der Waals surface area contributed by atoms with E-state index in [4.69, 9.17) is 0 Å². The second kappa shape index (κ2) is 4.50. The van der Waals surface area contributed by atoms with Crippen LogP contribution >= 0.6 is 0 Å². The number of ketones is 1. The summed E-state index contributed by atoms with van der Waals surface area (Å²) in [5, 5.41) is 9.77. The molecule has 0 bridgehead atoms. The molecule has 2 heteroatoms. The first-order valence-corrected chi connectivity index (χ1v) is 4.26. The summed E-state index contributed by atoms with van der Waals surface area (Å²) in [7, 11) is 0. The fourth-order valence-electron chi connectivity index (χ4n) is 1.32. The number of hydrogen-bond acceptors (Lipinski definition) is 2. The highest BCUT2D eigenvalue weighted by Gasteiger charge is 2.24. The summed E-state index contributed by atoms with van der Waals surface area (Å²) in [4.78, 5) is 10.7. The van der Waals surface area contributed by atoms with Crippen molar-refractivity contribution in [1.82, 2.24) is 0 Å². The van der Waals surface area contributed by atoms with Crippen LogP contribution in [-0.4, -0.2) is 16.5 Å². The molecule has 0 aromatic rings. The van der Waals surface area contributed by atoms with Gasteiger partial charge in [0, 0.05) is 6.42 Å². The van der Waals surface area contributed by atoms with E-state index < -0.39 is 5.60 Å². The number of carbonyl (C=O) groups is 1. The van der Waals surface area contributed by atoms with Crippen molar-refractivity contribution in [1.29, 1.82) is 0 Å². The lowest BCUT2D eigenvalue weighted by atomic mass is 9.90. The lowest BCUT2D eigenvalue weighted by Gasteiger charge is -2.24. The molecule has 0 aliphatic heterocycles. The topological polar surface area (TPSA) is 37.3 Å². The van der Waals surface area contributed by atoms with Crippen LogP contribution in [0.3, 0.4) is 0 Å². The summed E-state index contributed by atoms with van der Waals surface area (Å²) in [6.45, 7) is 5.45. The lowest BCUT2D eigenvalue weighted by molar-refractivity contribution is -0.122. The van der Waals surface area contributed by atoms with Gasteiger partial charge >= 0.3 is 0 Å². The van der Waals surface area contributed by atoms with Crippen LogP contribution in [0.5, 0.6) is 0 Å². The van der Waals surface area contributed by atoms with E-state index in [-0.39, 0.29) is 5.78 Å². The van der Waals surface area contributed by atoms with Crippen LogP contribution in [0, 0.1) is 0 Å². The zero-order valence-corrected chi connectivity index (χ0v) is 7.68. The van der Waals surface area contributed by atoms with Crippen molar-refractivity contribution in [2.45, 2.75) is 52.1 Å². The van der Waals surface area contributed by atoms with Crippen molar-refractivity contribution in [2.24, 2.45) is 0 Å². The zero-order chi connectivity index (χ0) is 8.91. The van der Waals surface area contributed by atoms with Crippen LogP contribution in [0.25, 0.3) is 0 Å². The van der Waals surface area contributed by atoms with E-state index in [2.05, 4.69) is 0 Å². The number of Topliss-reactive ketones (excluding diaryl/α,β-unsaturated/α-hetero) is 1. The Bertz CT molecular complexity index is 132. The maximum atomic E-state index is 10.7. The van der Waals surface area contributed by atoms with Gasteiger partial charge in [-0.1, -0.05) is 20.3 Å². The molecule has 0 fully saturated rings. The molecule has 2 nitrogen and oxygen atoms in total. The highest BCUT2D eigenvalue weighted by Crippen LogP contribution is 2.21. The third kappa shape index (κ3) is 4.14. The molecule has 0 aliphatic rings. The summed E-state index contributed by atoms with van der Waals surface area (Å²) < 4.78 is 0. The Morgan fingerprint density at radius 2 is 2.00 bits per heavy atom. The molecule has 1 atom stereocenters. The van der Waals surface area contributed by atoms with E-state index in [9.17, 15) is 9.90 Å². The molecule has 66 valence electrons. The Kier molecular flexibility index (Phi) is 4.34. The smallest absolute Gasteiger partial charge is 0.132 e. The minimum atomic E-state index is -0.736. The third-order valence-electron chi connectivity index (χ3n) is 1.95. The van der Waals surface area contributed by atoms with E-state index in [1.807, 2.05) is 13.8 Å². The summed E-state index contributed by atoms with van der Waals surface area (Å²) in [5.74, 6) is 0.0720. The SMILES string of the molecule is CCCC(O)(CC)CC(C)=O. The van der Waals surface area contributed by atoms with Crippen molar-refractivity contribution in [3.8, 4) is 0 Å². The highest BCUT2D eigenvalue weighted by molar-refractivity contribution is 5.76. The zero-order valence-electron chi connectivity index (χ0n) is 7.68. The number of hydrogen-bond donors (Lipinski definition) is 1. The molecule has 0 aliphatic carbocycles. The molecule has 0 amide bonds. The van der Waals surface area contributed by atoms with E-state index in [0.717, 1.165) is 12.8 Å². The maximum Gasteiger partial charge on any atom is 0.132 e. The number of carbonyl (C=O) groups excluding carboxylic acids is 1. The van der Waals surface area contributed by atoms with Crippen LogP contribution in [0.2, 0.25) is 0 Å². The largest absolute Gasteiger partial charge is 0.389 e. The molecular weight excluding hydrogens is 140 g/mol. The van der Waals surface area contributed by atoms with Crippen molar-refractivity contribution < 1.29 is 9.90 Å². The normalized spacial score (nSPS) is 16.0. The summed E-state index contributed by atoms with van der Waals surface area (Å²) in [6, 6.07) is 0. The Hall–Kier alpha value is -0.370. The summed E-state index contributed by atoms with van der Waals surface area (Å²) in [5.41, 5.74) is -0.736. The molecule has 1 unspecified atom stereocenters. The van der Waals surface area contributed by atoms with Gasteiger partial charge in [-0.3, -0.25) is 4.79 Å². The van der Waals surface area contributed by atoms with Crippen LogP contribution in [0.1, 0.15) is 46.5 Å². The van der Waals surface area contributed by atoms with Crippen molar-refractivity contribution >= 4 is 5.78 Å². The standard InChI is InChI=1S/C9H18O2/c1-4-6-9(11,5-2)7-8(3)10/h11H,4-7H2,1-3H3. The summed E-state index contributed by atoms with van der Waals surface area (Å²) in [6.07, 6.45) is 2.62. The molecule has 0 aromatic carbocycles. The molecule has 1 N–H and O–H groups in total. The molecular formula is C9H18O2. The first-order chi connectivity index (χ1) is 5.04. The fourth-order valence-corrected chi connectivity index (χ4v) is 1.32. The van der Waals surface area contributed by atoms with Gasteiger partial charge in [0.1, 0.15) is 5.78 Å². The van der Waals surface area contributed by atoms with E-state index in [0.29, 0.717) is 12.8 Å². The maximum absolute atomic E-state index is 10.7. The van der Waals surface area contributed by atoms with E-state index in [1.165, 1.54) is 6.92 Å². The van der Waals surface area contributed by atoms with Gasteiger partial charge in [0.2, 0.25) is 0 Å². The Morgan fingerprint density at radius 3 is 2.27 bits per heavy atom. The van der Waals surface area contributed by atoms with Crippen molar-refractivity contribution in [2.75, 3.05) is 0 Å². The van der Waals surface area contributed by atoms with Crippen LogP contribution in [0.4, 0.5) is 0 Å². The average Bonchev–Trinajstić information content (AvgIpc) is 1.87. The van der Waals surface area contributed by atoms with Gasteiger partial charge in [-0.15, -0.1) is 0 Å². The van der Waals surface area contributed by atoms with Gasteiger partial charge in [0.15, 0.2) is 0 Å². The van der Waals surface area contributed by atoms with E-state index >= 15 is 0 Å². The lowest BCUT2D eigenvalue weighted by Crippen LogP contribution is -2.29. The van der Waals surface area contributed by atoms with Crippen LogP contribution in [0.15, 0.2) is 0 Å². The number of aliphatic hydroxyl groups is 1. The van der Waals surface area contributed by atoms with E-state index in [1.54, 1.807) is 0 Å².